The van der Waals surface area contributed by atoms with E-state index < -0.39 is 5.97 Å². The number of hydrogen-bond acceptors (Lipinski definition) is 4. The molecule has 0 saturated heterocycles. The van der Waals surface area contributed by atoms with E-state index in [1.165, 1.54) is 11.8 Å². The molecule has 0 aromatic rings. The van der Waals surface area contributed by atoms with Crippen LogP contribution in [-0.4, -0.2) is 22.8 Å². The Labute approximate surface area is 126 Å². The molecule has 116 valence electrons. The second-order valence-electron chi connectivity index (χ2n) is 6.12. The number of carbonyl (C=O) groups excluding carboxylic acids is 2. The lowest BCUT2D eigenvalue weighted by atomic mass is 9.65. The predicted octanol–water partition coefficient (Wildman–Crippen LogP) is 2.43. The Bertz CT molecular complexity index is 379. The number of carbonyl (C=O) groups is 2. The van der Waals surface area contributed by atoms with Gasteiger partial charge in [-0.1, -0.05) is 39.8 Å². The summed E-state index contributed by atoms with van der Waals surface area (Å²) < 4.78 is 0. The number of quaternary nitrogens is 1. The molecule has 4 nitrogen and oxygen atoms in total. The summed E-state index contributed by atoms with van der Waals surface area (Å²) in [6.45, 7) is 8.25. The molecule has 4 N–H and O–H groups in total. The summed E-state index contributed by atoms with van der Waals surface area (Å²) in [5, 5.41) is 10.4. The smallest absolute Gasteiger partial charge is 0.138 e. The summed E-state index contributed by atoms with van der Waals surface area (Å²) in [7, 11) is 0. The summed E-state index contributed by atoms with van der Waals surface area (Å²) in [6.07, 6.45) is 5.63. The van der Waals surface area contributed by atoms with E-state index >= 15 is 0 Å². The largest absolute Gasteiger partial charge is 0.549 e. The lowest BCUT2D eigenvalue weighted by molar-refractivity contribution is -0.301. The maximum atomic E-state index is 12.5. The second-order valence-corrected chi connectivity index (χ2v) is 7.55. The molecule has 1 rings (SSSR count). The van der Waals surface area contributed by atoms with Gasteiger partial charge in [-0.25, -0.2) is 0 Å². The minimum absolute atomic E-state index is 0. The van der Waals surface area contributed by atoms with E-state index in [1.54, 1.807) is 0 Å². The topological polar surface area (TPSA) is 93.7 Å². The summed E-state index contributed by atoms with van der Waals surface area (Å²) in [4.78, 5) is 22.9. The fraction of sp³-hybridized carbons (Fsp3) is 0.733. The normalized spacial score (nSPS) is 25.6. The van der Waals surface area contributed by atoms with Crippen molar-refractivity contribution in [3.8, 4) is 0 Å². The van der Waals surface area contributed by atoms with Gasteiger partial charge >= 0.3 is 0 Å². The van der Waals surface area contributed by atoms with Crippen LogP contribution in [0.5, 0.6) is 0 Å². The Morgan fingerprint density at radius 1 is 1.45 bits per heavy atom. The highest BCUT2D eigenvalue weighted by molar-refractivity contribution is 8.00. The first-order chi connectivity index (χ1) is 8.74. The fourth-order valence-electron chi connectivity index (χ4n) is 2.94. The average Bonchev–Trinajstić information content (AvgIpc) is 2.24. The number of Topliss-reactive ketones (excluding diaryl/α,β-unsaturated/α-hetero) is 1. The minimum atomic E-state index is -1.07. The predicted molar refractivity (Wildman–Crippen MR) is 82.7 cm³/mol. The molecule has 0 heterocycles. The van der Waals surface area contributed by atoms with Crippen molar-refractivity contribution in [3.05, 3.63) is 12.2 Å². The van der Waals surface area contributed by atoms with Crippen molar-refractivity contribution in [3.63, 3.8) is 0 Å². The highest BCUT2D eigenvalue weighted by atomic mass is 32.2. The average molecular weight is 301 g/mol. The quantitative estimate of drug-likeness (QED) is 0.762. The van der Waals surface area contributed by atoms with Crippen LogP contribution in [-0.2, 0) is 9.59 Å². The van der Waals surface area contributed by atoms with E-state index in [2.05, 4.69) is 32.9 Å². The van der Waals surface area contributed by atoms with Gasteiger partial charge in [0.25, 0.3) is 0 Å². The van der Waals surface area contributed by atoms with Gasteiger partial charge < -0.3 is 16.1 Å². The third-order valence-electron chi connectivity index (χ3n) is 3.77. The van der Waals surface area contributed by atoms with E-state index in [-0.39, 0.29) is 40.2 Å². The molecule has 3 unspecified atom stereocenters. The number of hydrogen-bond donors (Lipinski definition) is 1. The molecular formula is C15H27NO3S. The Balaban J connectivity index is 0.00000361. The Kier molecular flexibility index (Phi) is 7.52. The van der Waals surface area contributed by atoms with Crippen LogP contribution in [0.2, 0.25) is 0 Å². The molecule has 0 aliphatic heterocycles. The number of rotatable bonds is 6. The van der Waals surface area contributed by atoms with Gasteiger partial charge in [-0.05, 0) is 17.8 Å². The standard InChI is InChI=1S/C15H24O3S.H3N/c1-10-6-5-7-15(3,4)14(10)12(16)8-11(2)19-9-13(17)18;/h5-6,10-11,14H,7-9H2,1-4H3,(H,17,18);1H3. The molecule has 0 bridgehead atoms. The molecular weight excluding hydrogens is 274 g/mol. The van der Waals surface area contributed by atoms with Crippen LogP contribution in [0.4, 0.5) is 0 Å². The zero-order chi connectivity index (χ0) is 14.6. The Morgan fingerprint density at radius 3 is 2.55 bits per heavy atom. The van der Waals surface area contributed by atoms with E-state index in [1.807, 2.05) is 6.92 Å². The lowest BCUT2D eigenvalue weighted by Gasteiger charge is -2.39. The molecule has 1 aliphatic carbocycles. The van der Waals surface area contributed by atoms with Crippen LogP contribution >= 0.6 is 11.8 Å². The van der Waals surface area contributed by atoms with Crippen LogP contribution < -0.4 is 11.3 Å². The molecule has 5 heteroatoms. The van der Waals surface area contributed by atoms with Gasteiger partial charge in [-0.15, -0.1) is 0 Å². The first kappa shape index (κ1) is 19.2. The number of ketones is 1. The Hall–Kier alpha value is -0.810. The monoisotopic (exact) mass is 301 g/mol. The summed E-state index contributed by atoms with van der Waals surface area (Å²) in [5.41, 5.74) is -0.00993. The molecule has 3 atom stereocenters. The summed E-state index contributed by atoms with van der Waals surface area (Å²) >= 11 is 1.28. The molecule has 0 saturated carbocycles. The van der Waals surface area contributed by atoms with E-state index in [0.717, 1.165) is 6.42 Å². The molecule has 0 spiro atoms. The van der Waals surface area contributed by atoms with E-state index in [9.17, 15) is 14.7 Å². The molecule has 0 aromatic heterocycles. The van der Waals surface area contributed by atoms with Gasteiger partial charge in [0.15, 0.2) is 0 Å². The number of allylic oxidation sites excluding steroid dienone is 2. The highest BCUT2D eigenvalue weighted by Crippen LogP contribution is 2.42. The number of carboxylic acids is 1. The van der Waals surface area contributed by atoms with E-state index in [0.29, 0.717) is 6.42 Å². The van der Waals surface area contributed by atoms with Crippen LogP contribution in [0.25, 0.3) is 0 Å². The second kappa shape index (κ2) is 7.84. The highest BCUT2D eigenvalue weighted by Gasteiger charge is 2.39. The van der Waals surface area contributed by atoms with Crippen molar-refractivity contribution in [1.82, 2.24) is 6.15 Å². The third kappa shape index (κ3) is 5.29. The van der Waals surface area contributed by atoms with Crippen LogP contribution in [0.15, 0.2) is 12.2 Å². The van der Waals surface area contributed by atoms with Crippen molar-refractivity contribution >= 4 is 23.5 Å². The van der Waals surface area contributed by atoms with Gasteiger partial charge in [0, 0.05) is 23.3 Å². The lowest BCUT2D eigenvalue weighted by Crippen LogP contribution is -2.38. The van der Waals surface area contributed by atoms with Gasteiger partial charge in [0.05, 0.1) is 5.97 Å². The Morgan fingerprint density at radius 2 is 2.05 bits per heavy atom. The van der Waals surface area contributed by atoms with Crippen molar-refractivity contribution in [2.45, 2.75) is 45.8 Å². The number of thioether (sulfide) groups is 1. The molecule has 0 aromatic carbocycles. The molecule has 0 amide bonds. The van der Waals surface area contributed by atoms with Crippen molar-refractivity contribution in [2.75, 3.05) is 5.75 Å². The minimum Gasteiger partial charge on any atom is -0.549 e. The van der Waals surface area contributed by atoms with Gasteiger partial charge in [-0.3, -0.25) is 4.79 Å². The zero-order valence-corrected chi connectivity index (χ0v) is 14.0. The van der Waals surface area contributed by atoms with Gasteiger partial charge in [0.2, 0.25) is 0 Å². The SMILES string of the molecule is CC(CC(=O)C1C(C)C=CCC1(C)C)SCC(=O)[O-].[NH4+]. The first-order valence-electron chi connectivity index (χ1n) is 6.75. The van der Waals surface area contributed by atoms with E-state index in [4.69, 9.17) is 0 Å². The first-order valence-corrected chi connectivity index (χ1v) is 7.79. The van der Waals surface area contributed by atoms with Crippen LogP contribution in [0, 0.1) is 17.3 Å². The van der Waals surface area contributed by atoms with Crippen molar-refractivity contribution in [2.24, 2.45) is 17.3 Å². The summed E-state index contributed by atoms with van der Waals surface area (Å²) in [6, 6.07) is 0. The van der Waals surface area contributed by atoms with Gasteiger partial charge in [-0.2, -0.15) is 11.8 Å². The summed E-state index contributed by atoms with van der Waals surface area (Å²) in [5.74, 6) is -0.574. The maximum absolute atomic E-state index is 12.5. The molecule has 20 heavy (non-hydrogen) atoms. The fourth-order valence-corrected chi connectivity index (χ4v) is 3.65. The molecule has 0 radical (unpaired) electrons. The maximum Gasteiger partial charge on any atom is 0.138 e. The van der Waals surface area contributed by atoms with Gasteiger partial charge in [0.1, 0.15) is 5.78 Å². The number of aliphatic carboxylic acids is 1. The number of carboxylic acid groups (broad SMARTS) is 1. The van der Waals surface area contributed by atoms with Crippen LogP contribution in [0.3, 0.4) is 0 Å². The van der Waals surface area contributed by atoms with Crippen molar-refractivity contribution in [1.29, 1.82) is 0 Å². The zero-order valence-electron chi connectivity index (χ0n) is 13.1. The third-order valence-corrected chi connectivity index (χ3v) is 4.91. The van der Waals surface area contributed by atoms with Crippen LogP contribution in [0.1, 0.15) is 40.5 Å². The molecule has 0 fully saturated rings. The molecule has 1 aliphatic rings. The van der Waals surface area contributed by atoms with Crippen molar-refractivity contribution < 1.29 is 14.7 Å².